The third kappa shape index (κ3) is 7.93. The van der Waals surface area contributed by atoms with Crippen molar-refractivity contribution in [2.24, 2.45) is 0 Å². The number of alkyl carbamates (subject to hydrolysis) is 1. The van der Waals surface area contributed by atoms with Gasteiger partial charge < -0.3 is 24.1 Å². The van der Waals surface area contributed by atoms with E-state index < -0.39 is 30.0 Å². The van der Waals surface area contributed by atoms with Gasteiger partial charge in [-0.05, 0) is 56.7 Å². The maximum Gasteiger partial charge on any atom is 0.573 e. The second kappa shape index (κ2) is 11.3. The van der Waals surface area contributed by atoms with E-state index >= 15 is 0 Å². The highest BCUT2D eigenvalue weighted by Crippen LogP contribution is 2.39. The lowest BCUT2D eigenvalue weighted by Gasteiger charge is -2.27. The highest BCUT2D eigenvalue weighted by Gasteiger charge is 2.34. The van der Waals surface area contributed by atoms with Gasteiger partial charge in [0.2, 0.25) is 11.8 Å². The molecule has 0 fully saturated rings. The average Bonchev–Trinajstić information content (AvgIpc) is 3.31. The second-order valence-corrected chi connectivity index (χ2v) is 12.5. The SMILES string of the molecule is CC(C)(C)OC(=O)N[C@H]1CSc2ccc(-c3nnc(C(C)(C)C)o3)cc2N(Cc2ccc(OC(F)(F)F)cc2)C1=O. The lowest BCUT2D eigenvalue weighted by atomic mass is 9.97. The van der Waals surface area contributed by atoms with Crippen molar-refractivity contribution < 1.29 is 36.7 Å². The molecule has 2 aromatic carbocycles. The fourth-order valence-electron chi connectivity index (χ4n) is 3.87. The highest BCUT2D eigenvalue weighted by atomic mass is 32.2. The molecule has 9 nitrogen and oxygen atoms in total. The molecule has 1 atom stereocenters. The van der Waals surface area contributed by atoms with Crippen LogP contribution in [0, 0.1) is 0 Å². The molecule has 1 aromatic heterocycles. The van der Waals surface area contributed by atoms with Crippen LogP contribution in [0.3, 0.4) is 0 Å². The largest absolute Gasteiger partial charge is 0.573 e. The van der Waals surface area contributed by atoms with E-state index in [1.807, 2.05) is 26.8 Å². The van der Waals surface area contributed by atoms with E-state index in [0.717, 1.165) is 4.90 Å². The van der Waals surface area contributed by atoms with Crippen molar-refractivity contribution >= 4 is 29.4 Å². The lowest BCUT2D eigenvalue weighted by molar-refractivity contribution is -0.274. The summed E-state index contributed by atoms with van der Waals surface area (Å²) >= 11 is 1.37. The zero-order chi connectivity index (χ0) is 30.2. The first-order chi connectivity index (χ1) is 19.0. The number of hydrogen-bond donors (Lipinski definition) is 1. The van der Waals surface area contributed by atoms with Gasteiger partial charge in [-0.3, -0.25) is 4.79 Å². The number of carbonyl (C=O) groups is 2. The molecule has 2 amide bonds. The van der Waals surface area contributed by atoms with Gasteiger partial charge in [0.15, 0.2) is 0 Å². The Morgan fingerprint density at radius 1 is 1.07 bits per heavy atom. The molecule has 0 unspecified atom stereocenters. The van der Waals surface area contributed by atoms with Gasteiger partial charge in [-0.25, -0.2) is 4.79 Å². The molecule has 1 N–H and O–H groups in total. The Balaban J connectivity index is 1.69. The Bertz CT molecular complexity index is 1410. The van der Waals surface area contributed by atoms with Crippen molar-refractivity contribution in [1.29, 1.82) is 0 Å². The van der Waals surface area contributed by atoms with Crippen LogP contribution in [0.5, 0.6) is 5.75 Å². The van der Waals surface area contributed by atoms with Crippen molar-refractivity contribution in [2.75, 3.05) is 10.7 Å². The Hall–Kier alpha value is -3.74. The number of ether oxygens (including phenoxy) is 2. The molecule has 13 heteroatoms. The van der Waals surface area contributed by atoms with E-state index in [1.54, 1.807) is 32.9 Å². The van der Waals surface area contributed by atoms with Crippen LogP contribution in [0.4, 0.5) is 23.7 Å². The fourth-order valence-corrected chi connectivity index (χ4v) is 4.93. The molecule has 0 bridgehead atoms. The van der Waals surface area contributed by atoms with Gasteiger partial charge in [0.05, 0.1) is 12.2 Å². The molecule has 4 rings (SSSR count). The number of fused-ring (bicyclic) bond motifs is 1. The second-order valence-electron chi connectivity index (χ2n) is 11.5. The monoisotopic (exact) mass is 592 g/mol. The number of alkyl halides is 3. The minimum absolute atomic E-state index is 0.00567. The van der Waals surface area contributed by atoms with Crippen molar-refractivity contribution in [3.8, 4) is 17.2 Å². The molecule has 220 valence electrons. The zero-order valence-electron chi connectivity index (χ0n) is 23.5. The van der Waals surface area contributed by atoms with E-state index in [1.165, 1.54) is 40.9 Å². The van der Waals surface area contributed by atoms with Gasteiger partial charge in [-0.1, -0.05) is 32.9 Å². The molecule has 0 aliphatic carbocycles. The zero-order valence-corrected chi connectivity index (χ0v) is 24.3. The topological polar surface area (TPSA) is 107 Å². The summed E-state index contributed by atoms with van der Waals surface area (Å²) in [6.07, 6.45) is -5.56. The minimum Gasteiger partial charge on any atom is -0.444 e. The lowest BCUT2D eigenvalue weighted by Crippen LogP contribution is -2.50. The van der Waals surface area contributed by atoms with Gasteiger partial charge in [-0.15, -0.1) is 35.1 Å². The van der Waals surface area contributed by atoms with E-state index in [4.69, 9.17) is 9.15 Å². The van der Waals surface area contributed by atoms with Crippen LogP contribution in [-0.4, -0.2) is 46.0 Å². The number of hydrogen-bond acceptors (Lipinski definition) is 8. The molecule has 0 saturated heterocycles. The number of anilines is 1. The van der Waals surface area contributed by atoms with E-state index in [9.17, 15) is 22.8 Å². The summed E-state index contributed by atoms with van der Waals surface area (Å²) in [6, 6.07) is 9.69. The van der Waals surface area contributed by atoms with Gasteiger partial charge in [0.25, 0.3) is 5.91 Å². The number of benzene rings is 2. The van der Waals surface area contributed by atoms with Crippen LogP contribution in [0.25, 0.3) is 11.5 Å². The predicted molar refractivity (Wildman–Crippen MR) is 147 cm³/mol. The van der Waals surface area contributed by atoms with Crippen molar-refractivity contribution in [3.05, 3.63) is 53.9 Å². The molecule has 1 aliphatic rings. The number of nitrogens with one attached hydrogen (secondary N) is 1. The summed E-state index contributed by atoms with van der Waals surface area (Å²) in [5.74, 6) is 0.158. The number of halogens is 3. The van der Waals surface area contributed by atoms with Crippen molar-refractivity contribution in [1.82, 2.24) is 15.5 Å². The fraction of sp³-hybridized carbons (Fsp3) is 0.429. The van der Waals surface area contributed by atoms with Crippen LogP contribution in [0.2, 0.25) is 0 Å². The molecule has 41 heavy (non-hydrogen) atoms. The smallest absolute Gasteiger partial charge is 0.444 e. The van der Waals surface area contributed by atoms with E-state index in [0.29, 0.717) is 22.7 Å². The molecule has 0 spiro atoms. The van der Waals surface area contributed by atoms with E-state index in [-0.39, 0.29) is 29.4 Å². The van der Waals surface area contributed by atoms with Crippen LogP contribution in [-0.2, 0) is 21.5 Å². The first-order valence-electron chi connectivity index (χ1n) is 12.8. The van der Waals surface area contributed by atoms with Crippen LogP contribution in [0.1, 0.15) is 53.0 Å². The van der Waals surface area contributed by atoms with Gasteiger partial charge >= 0.3 is 12.5 Å². The third-order valence-electron chi connectivity index (χ3n) is 5.72. The maximum atomic E-state index is 13.9. The van der Waals surface area contributed by atoms with E-state index in [2.05, 4.69) is 20.3 Å². The molecule has 2 heterocycles. The summed E-state index contributed by atoms with van der Waals surface area (Å²) in [7, 11) is 0. The highest BCUT2D eigenvalue weighted by molar-refractivity contribution is 7.99. The summed E-state index contributed by atoms with van der Waals surface area (Å²) in [5, 5.41) is 11.0. The number of rotatable bonds is 5. The molecular formula is C28H31F3N4O5S. The van der Waals surface area contributed by atoms with Crippen LogP contribution in [0.15, 0.2) is 51.8 Å². The molecule has 0 radical (unpaired) electrons. The minimum atomic E-state index is -4.82. The quantitative estimate of drug-likeness (QED) is 0.360. The number of nitrogens with zero attached hydrogens (tertiary/aromatic N) is 3. The maximum absolute atomic E-state index is 13.9. The summed E-state index contributed by atoms with van der Waals surface area (Å²) < 4.78 is 53.1. The van der Waals surface area contributed by atoms with Crippen LogP contribution >= 0.6 is 11.8 Å². The van der Waals surface area contributed by atoms with Gasteiger partial charge in [0.1, 0.15) is 17.4 Å². The molecule has 3 aromatic rings. The standard InChI is InChI=1S/C28H31F3N4O5S/c1-26(2,3)24-34-33-22(38-24)17-9-12-21-20(13-17)35(14-16-7-10-18(11-8-16)39-28(29,30)31)23(36)19(15-41-21)32-25(37)40-27(4,5)6/h7-13,19H,14-15H2,1-6H3,(H,32,37)/t19-/m0/s1. The van der Waals surface area contributed by atoms with Crippen molar-refractivity contribution in [3.63, 3.8) is 0 Å². The number of aromatic nitrogens is 2. The molecular weight excluding hydrogens is 561 g/mol. The number of amides is 2. The Morgan fingerprint density at radius 3 is 2.34 bits per heavy atom. The van der Waals surface area contributed by atoms with Crippen LogP contribution < -0.4 is 15.0 Å². The first kappa shape index (κ1) is 30.2. The number of thioether (sulfide) groups is 1. The predicted octanol–water partition coefficient (Wildman–Crippen LogP) is 6.46. The summed E-state index contributed by atoms with van der Waals surface area (Å²) in [6.45, 7) is 11.0. The third-order valence-corrected chi connectivity index (χ3v) is 6.88. The van der Waals surface area contributed by atoms with Gasteiger partial charge in [0, 0.05) is 21.6 Å². The normalized spacial score (nSPS) is 16.2. The summed E-state index contributed by atoms with van der Waals surface area (Å²) in [4.78, 5) is 28.6. The Kier molecular flexibility index (Phi) is 8.30. The van der Waals surface area contributed by atoms with Gasteiger partial charge in [-0.2, -0.15) is 0 Å². The first-order valence-corrected chi connectivity index (χ1v) is 13.7. The Labute approximate surface area is 239 Å². The molecule has 1 aliphatic heterocycles. The Morgan fingerprint density at radius 2 is 1.76 bits per heavy atom. The van der Waals surface area contributed by atoms with Crippen molar-refractivity contribution in [2.45, 2.75) is 76.4 Å². The molecule has 0 saturated carbocycles. The summed E-state index contributed by atoms with van der Waals surface area (Å²) in [5.41, 5.74) is 0.519. The number of carbonyl (C=O) groups excluding carboxylic acids is 2. The average molecular weight is 593 g/mol.